The summed E-state index contributed by atoms with van der Waals surface area (Å²) in [5, 5.41) is 0. The first-order chi connectivity index (χ1) is 64.9. The monoisotopic (exact) mass is 1750 g/mol. The van der Waals surface area contributed by atoms with Crippen LogP contribution in [0.25, 0.3) is 111 Å². The second-order valence-corrected chi connectivity index (χ2v) is 37.2. The lowest BCUT2D eigenvalue weighted by Crippen LogP contribution is -2.00. The van der Waals surface area contributed by atoms with Crippen LogP contribution in [-0.4, -0.2) is 0 Å². The van der Waals surface area contributed by atoms with Gasteiger partial charge in [0.05, 0.1) is 0 Å². The lowest BCUT2D eigenvalue weighted by atomic mass is 9.86. The van der Waals surface area contributed by atoms with E-state index in [0.29, 0.717) is 11.8 Å². The SMILES string of the molecule is Cc1c(-c2ccccc2)cc(-c2ccccc2)cc1-c1ccccc1.Cc1c(-c2ccccc2)cccc1-c1ccccc1.Cc1c(C(C)C)cc(-c2ccccc2)cc1C(C)C.Cc1cc(-c2ccccc2)cc(-c2ccccc2)c1.Cc1ccc(-c2ccccc2)cc1-c1ccccc1.Cc1ccc(CC(C)C)cc1.Cc1cccc(CC(C)C)c1.Cc1ccccc1CC(C)C. The Balaban J connectivity index is 0.000000150. The van der Waals surface area contributed by atoms with Crippen LogP contribution in [0.15, 0.2) is 455 Å². The highest BCUT2D eigenvalue weighted by atomic mass is 14.2. The van der Waals surface area contributed by atoms with Crippen molar-refractivity contribution < 1.29 is 0 Å². The lowest BCUT2D eigenvalue weighted by Gasteiger charge is -2.19. The Morgan fingerprint density at radius 2 is 0.455 bits per heavy atom. The first kappa shape index (κ1) is 101. The minimum absolute atomic E-state index is 0.571. The number of hydrogen-bond acceptors (Lipinski definition) is 0. The third kappa shape index (κ3) is 31.1. The van der Waals surface area contributed by atoms with E-state index in [1.165, 1.54) is 203 Å². The Labute approximate surface area is 806 Å². The summed E-state index contributed by atoms with van der Waals surface area (Å²) in [6.07, 6.45) is 3.59. The third-order valence-corrected chi connectivity index (χ3v) is 24.1. The van der Waals surface area contributed by atoms with Gasteiger partial charge in [-0.2, -0.15) is 0 Å². The topological polar surface area (TPSA) is 0 Å². The first-order valence-corrected chi connectivity index (χ1v) is 48.2. The molecule has 18 aromatic rings. The van der Waals surface area contributed by atoms with Crippen LogP contribution in [0.4, 0.5) is 0 Å². The average Bonchev–Trinajstić information content (AvgIpc) is 0.764. The van der Waals surface area contributed by atoms with Gasteiger partial charge in [-0.05, 0) is 301 Å². The summed E-state index contributed by atoms with van der Waals surface area (Å²) in [7, 11) is 0. The van der Waals surface area contributed by atoms with E-state index in [9.17, 15) is 0 Å². The van der Waals surface area contributed by atoms with Crippen LogP contribution >= 0.6 is 0 Å². The molecule has 0 fully saturated rings. The molecule has 0 aliphatic rings. The summed E-state index contributed by atoms with van der Waals surface area (Å²) in [4.78, 5) is 0. The van der Waals surface area contributed by atoms with Crippen molar-refractivity contribution in [1.29, 1.82) is 0 Å². The zero-order valence-electron chi connectivity index (χ0n) is 82.8. The normalized spacial score (nSPS) is 10.6. The molecule has 0 aliphatic carbocycles. The molecule has 676 valence electrons. The van der Waals surface area contributed by atoms with Gasteiger partial charge in [-0.3, -0.25) is 0 Å². The summed E-state index contributed by atoms with van der Waals surface area (Å²) in [5.41, 5.74) is 43.8. The Hall–Kier alpha value is -14.0. The van der Waals surface area contributed by atoms with Crippen LogP contribution in [0.2, 0.25) is 0 Å². The van der Waals surface area contributed by atoms with Gasteiger partial charge in [-0.1, -0.05) is 511 Å². The number of aryl methyl sites for hydroxylation is 5. The molecule has 0 nitrogen and oxygen atoms in total. The van der Waals surface area contributed by atoms with Crippen LogP contribution in [0.5, 0.6) is 0 Å². The molecule has 18 rings (SSSR count). The summed E-state index contributed by atoms with van der Waals surface area (Å²) in [6, 6.07) is 161. The fourth-order valence-electron chi connectivity index (χ4n) is 17.1. The van der Waals surface area contributed by atoms with Gasteiger partial charge in [0.25, 0.3) is 0 Å². The smallest absolute Gasteiger partial charge is 0.0142 e. The Kier molecular flexibility index (Phi) is 39.2. The molecule has 0 radical (unpaired) electrons. The molecule has 0 aliphatic heterocycles. The second kappa shape index (κ2) is 52.3. The zero-order valence-corrected chi connectivity index (χ0v) is 82.8. The minimum Gasteiger partial charge on any atom is -0.0625 e. The van der Waals surface area contributed by atoms with Crippen molar-refractivity contribution in [2.45, 2.75) is 156 Å². The molecule has 0 atom stereocenters. The molecule has 0 heterocycles. The van der Waals surface area contributed by atoms with Gasteiger partial charge in [-0.25, -0.2) is 0 Å². The van der Waals surface area contributed by atoms with Crippen molar-refractivity contribution in [3.8, 4) is 111 Å². The lowest BCUT2D eigenvalue weighted by molar-refractivity contribution is 0.645. The first-order valence-electron chi connectivity index (χ1n) is 48.2. The van der Waals surface area contributed by atoms with Crippen molar-refractivity contribution >= 4 is 0 Å². The number of benzene rings is 18. The fraction of sp³-hybridized carbons (Fsp3) is 0.194. The van der Waals surface area contributed by atoms with E-state index < -0.39 is 0 Å². The number of rotatable bonds is 18. The van der Waals surface area contributed by atoms with E-state index >= 15 is 0 Å². The van der Waals surface area contributed by atoms with E-state index in [1.807, 2.05) is 0 Å². The van der Waals surface area contributed by atoms with Gasteiger partial charge in [-0.15, -0.1) is 0 Å². The highest BCUT2D eigenvalue weighted by Gasteiger charge is 2.17. The van der Waals surface area contributed by atoms with E-state index in [0.717, 1.165) is 17.8 Å². The maximum atomic E-state index is 2.36. The van der Waals surface area contributed by atoms with E-state index in [1.54, 1.807) is 0 Å². The van der Waals surface area contributed by atoms with Crippen molar-refractivity contribution in [2.75, 3.05) is 0 Å². The molecule has 0 bridgehead atoms. The van der Waals surface area contributed by atoms with Crippen molar-refractivity contribution in [3.63, 3.8) is 0 Å². The van der Waals surface area contributed by atoms with Crippen molar-refractivity contribution in [1.82, 2.24) is 0 Å². The summed E-state index contributed by atoms with van der Waals surface area (Å²) < 4.78 is 0. The van der Waals surface area contributed by atoms with E-state index in [-0.39, 0.29) is 0 Å². The quantitative estimate of drug-likeness (QED) is 0.0803. The largest absolute Gasteiger partial charge is 0.0625 e. The summed E-state index contributed by atoms with van der Waals surface area (Å²) >= 11 is 0. The van der Waals surface area contributed by atoms with Crippen LogP contribution in [0.1, 0.15) is 153 Å². The molecule has 18 aromatic carbocycles. The Morgan fingerprint density at radius 3 is 0.813 bits per heavy atom. The maximum Gasteiger partial charge on any atom is -0.0142 e. The van der Waals surface area contributed by atoms with Gasteiger partial charge in [0.15, 0.2) is 0 Å². The molecule has 0 aromatic heterocycles. The predicted octanol–water partition coefficient (Wildman–Crippen LogP) is 38.5. The standard InChI is InChI=1S/C25H20.3C19H16.C19H24.3C11H16/c1-19-24(21-13-7-3-8-14-21)17-23(20-11-5-2-6-12-20)18-25(19)22-15-9-4-10-16-22;1-15-18(16-9-4-2-5-10-16)13-8-14-19(15)17-11-6-3-7-12-17;1-15-12-18(16-8-4-2-5-9-16)14-19(13-15)17-10-6-3-7-11-17;1-15-12-13-18(16-8-4-2-5-9-16)14-19(15)17-10-6-3-7-11-17;1-13(2)18-11-17(16-9-7-6-8-10-16)12-19(14(3)4)15(18)5;1-9(2)8-11-6-4-10(3)5-7-11;1-9(2)7-11-6-4-5-10(3)8-11;1-9(2)8-11-7-5-4-6-10(11)3/h2-18H,1H3;3*2-14H,1H3;6-14H,1-5H3;4-7,9H,8H2,1-3H3;4-6,8-9H,7H2,1-3H3;4-7,9H,8H2,1-3H3. The molecule has 0 amide bonds. The summed E-state index contributed by atoms with van der Waals surface area (Å²) in [6.45, 7) is 40.1. The molecule has 0 saturated heterocycles. The Morgan fingerprint density at radius 1 is 0.157 bits per heavy atom. The average molecular weight is 1750 g/mol. The highest BCUT2D eigenvalue weighted by molar-refractivity contribution is 5.86. The van der Waals surface area contributed by atoms with Gasteiger partial charge in [0.1, 0.15) is 0 Å². The highest BCUT2D eigenvalue weighted by Crippen LogP contribution is 2.40. The number of hydrogen-bond donors (Lipinski definition) is 0. The van der Waals surface area contributed by atoms with Crippen molar-refractivity contribution in [2.24, 2.45) is 17.8 Å². The van der Waals surface area contributed by atoms with Crippen LogP contribution in [0.3, 0.4) is 0 Å². The Bertz CT molecular complexity index is 6210. The van der Waals surface area contributed by atoms with E-state index in [4.69, 9.17) is 0 Å². The van der Waals surface area contributed by atoms with Crippen LogP contribution in [-0.2, 0) is 19.3 Å². The van der Waals surface area contributed by atoms with Crippen LogP contribution < -0.4 is 0 Å². The molecular formula is C134H140. The summed E-state index contributed by atoms with van der Waals surface area (Å²) in [5.74, 6) is 3.42. The van der Waals surface area contributed by atoms with Gasteiger partial charge >= 0.3 is 0 Å². The molecule has 0 N–H and O–H groups in total. The van der Waals surface area contributed by atoms with E-state index in [2.05, 4.69) is 580 Å². The van der Waals surface area contributed by atoms with Crippen molar-refractivity contribution in [3.05, 3.63) is 527 Å². The minimum atomic E-state index is 0.571. The maximum absolute atomic E-state index is 2.36. The van der Waals surface area contributed by atoms with Gasteiger partial charge < -0.3 is 0 Å². The molecule has 0 spiro atoms. The van der Waals surface area contributed by atoms with Crippen LogP contribution in [0, 0.1) is 73.1 Å². The fourth-order valence-corrected chi connectivity index (χ4v) is 17.1. The molecular weight excluding hydrogens is 1610 g/mol. The molecule has 0 saturated carbocycles. The predicted molar refractivity (Wildman–Crippen MR) is 588 cm³/mol. The zero-order chi connectivity index (χ0) is 95.1. The third-order valence-electron chi connectivity index (χ3n) is 24.1. The second-order valence-electron chi connectivity index (χ2n) is 37.2. The van der Waals surface area contributed by atoms with Gasteiger partial charge in [0.2, 0.25) is 0 Å². The molecule has 0 unspecified atom stereocenters. The van der Waals surface area contributed by atoms with Gasteiger partial charge in [0, 0.05) is 0 Å². The molecule has 0 heteroatoms. The molecule has 134 heavy (non-hydrogen) atoms.